The molecule has 0 heteroatoms. The lowest BCUT2D eigenvalue weighted by Crippen LogP contribution is -2.21. The molecule has 0 aromatic carbocycles. The van der Waals surface area contributed by atoms with E-state index in [9.17, 15) is 0 Å². The molecule has 6 unspecified atom stereocenters. The van der Waals surface area contributed by atoms with Crippen molar-refractivity contribution in [3.8, 4) is 0 Å². The lowest BCUT2D eigenvalue weighted by molar-refractivity contribution is 0.246. The van der Waals surface area contributed by atoms with Crippen LogP contribution in [0.4, 0.5) is 0 Å². The Hall–Kier alpha value is -0.260. The van der Waals surface area contributed by atoms with Crippen LogP contribution in [0, 0.1) is 35.5 Å². The Morgan fingerprint density at radius 2 is 1.86 bits per heavy atom. The van der Waals surface area contributed by atoms with Crippen molar-refractivity contribution < 1.29 is 0 Å². The molecule has 0 aromatic heterocycles. The van der Waals surface area contributed by atoms with Crippen molar-refractivity contribution in [3.63, 3.8) is 0 Å². The number of allylic oxidation sites excluding steroid dienone is 2. The zero-order chi connectivity index (χ0) is 9.45. The second-order valence-electron chi connectivity index (χ2n) is 6.20. The van der Waals surface area contributed by atoms with E-state index < -0.39 is 0 Å². The van der Waals surface area contributed by atoms with Crippen LogP contribution in [-0.4, -0.2) is 0 Å². The largest absolute Gasteiger partial charge is 0.0673 e. The molecule has 0 N–H and O–H groups in total. The Balaban J connectivity index is 1.89. The maximum Gasteiger partial charge on any atom is -0.0132 e. The van der Waals surface area contributed by atoms with E-state index in [1.165, 1.54) is 19.3 Å². The Bertz CT molecular complexity index is 325. The van der Waals surface area contributed by atoms with Gasteiger partial charge in [0.25, 0.3) is 0 Å². The van der Waals surface area contributed by atoms with Gasteiger partial charge in [-0.2, -0.15) is 0 Å². The van der Waals surface area contributed by atoms with E-state index in [2.05, 4.69) is 13.8 Å². The van der Waals surface area contributed by atoms with Gasteiger partial charge in [-0.15, -0.1) is 0 Å². The van der Waals surface area contributed by atoms with Gasteiger partial charge in [0.15, 0.2) is 0 Å². The van der Waals surface area contributed by atoms with Crippen LogP contribution in [0.5, 0.6) is 0 Å². The molecule has 14 heavy (non-hydrogen) atoms. The number of rotatable bonds is 0. The van der Waals surface area contributed by atoms with Crippen LogP contribution >= 0.6 is 0 Å². The molecular weight excluding hydrogens is 168 g/mol. The van der Waals surface area contributed by atoms with E-state index in [-0.39, 0.29) is 0 Å². The predicted octanol–water partition coefficient (Wildman–Crippen LogP) is 3.63. The van der Waals surface area contributed by atoms with Crippen LogP contribution in [-0.2, 0) is 0 Å². The topological polar surface area (TPSA) is 0 Å². The molecule has 0 aliphatic heterocycles. The van der Waals surface area contributed by atoms with E-state index in [1.807, 2.05) is 11.1 Å². The van der Waals surface area contributed by atoms with E-state index in [0.717, 1.165) is 35.5 Å². The molecule has 0 spiro atoms. The number of fused-ring (bicyclic) bond motifs is 8. The van der Waals surface area contributed by atoms with Gasteiger partial charge in [-0.05, 0) is 61.2 Å². The molecule has 4 aliphatic rings. The average Bonchev–Trinajstić information content (AvgIpc) is 2.87. The SMILES string of the molecule is CC1C2=C3C4CCC(C4C)C3C1CC2. The molecule has 0 aromatic rings. The van der Waals surface area contributed by atoms with Crippen molar-refractivity contribution in [3.05, 3.63) is 11.1 Å². The molecule has 3 fully saturated rings. The van der Waals surface area contributed by atoms with Gasteiger partial charge in [-0.1, -0.05) is 25.0 Å². The summed E-state index contributed by atoms with van der Waals surface area (Å²) in [5.41, 5.74) is 3.93. The predicted molar refractivity (Wildman–Crippen MR) is 57.8 cm³/mol. The summed E-state index contributed by atoms with van der Waals surface area (Å²) in [5.74, 6) is 6.30. The van der Waals surface area contributed by atoms with Crippen molar-refractivity contribution in [2.75, 3.05) is 0 Å². The molecule has 3 saturated carbocycles. The Labute approximate surface area is 86.8 Å². The van der Waals surface area contributed by atoms with Gasteiger partial charge in [0.2, 0.25) is 0 Å². The monoisotopic (exact) mass is 188 g/mol. The lowest BCUT2D eigenvalue weighted by atomic mass is 9.76. The molecule has 76 valence electrons. The van der Waals surface area contributed by atoms with Crippen molar-refractivity contribution in [2.24, 2.45) is 35.5 Å². The molecular formula is C14H20. The Kier molecular flexibility index (Phi) is 1.30. The first-order chi connectivity index (χ1) is 6.79. The van der Waals surface area contributed by atoms with Crippen molar-refractivity contribution >= 4 is 0 Å². The smallest absolute Gasteiger partial charge is 0.0132 e. The van der Waals surface area contributed by atoms with Gasteiger partial charge in [0.1, 0.15) is 0 Å². The van der Waals surface area contributed by atoms with Crippen LogP contribution < -0.4 is 0 Å². The van der Waals surface area contributed by atoms with Gasteiger partial charge in [0.05, 0.1) is 0 Å². The van der Waals surface area contributed by atoms with Crippen molar-refractivity contribution in [1.82, 2.24) is 0 Å². The molecule has 0 heterocycles. The fourth-order valence-corrected chi connectivity index (χ4v) is 5.58. The summed E-state index contributed by atoms with van der Waals surface area (Å²) in [4.78, 5) is 0. The maximum atomic E-state index is 2.53. The fourth-order valence-electron chi connectivity index (χ4n) is 5.58. The second kappa shape index (κ2) is 2.28. The summed E-state index contributed by atoms with van der Waals surface area (Å²) < 4.78 is 0. The van der Waals surface area contributed by atoms with E-state index in [0.29, 0.717) is 0 Å². The summed E-state index contributed by atoms with van der Waals surface area (Å²) in [6, 6.07) is 0. The molecule has 4 rings (SSSR count). The van der Waals surface area contributed by atoms with E-state index >= 15 is 0 Å². The third kappa shape index (κ3) is 0.647. The van der Waals surface area contributed by atoms with Gasteiger partial charge in [-0.3, -0.25) is 0 Å². The van der Waals surface area contributed by atoms with Crippen LogP contribution in [0.3, 0.4) is 0 Å². The zero-order valence-electron chi connectivity index (χ0n) is 9.29. The number of hydrogen-bond donors (Lipinski definition) is 0. The average molecular weight is 188 g/mol. The molecule has 6 atom stereocenters. The molecule has 0 amide bonds. The summed E-state index contributed by atoms with van der Waals surface area (Å²) in [6.45, 7) is 5.03. The molecule has 0 saturated heterocycles. The summed E-state index contributed by atoms with van der Waals surface area (Å²) >= 11 is 0. The van der Waals surface area contributed by atoms with Crippen LogP contribution in [0.15, 0.2) is 11.1 Å². The van der Waals surface area contributed by atoms with Gasteiger partial charge in [0, 0.05) is 0 Å². The summed E-state index contributed by atoms with van der Waals surface area (Å²) in [6.07, 6.45) is 6.07. The van der Waals surface area contributed by atoms with Gasteiger partial charge >= 0.3 is 0 Å². The minimum Gasteiger partial charge on any atom is -0.0673 e. The molecule has 4 aliphatic carbocycles. The van der Waals surface area contributed by atoms with Crippen molar-refractivity contribution in [2.45, 2.75) is 39.5 Å². The standard InChI is InChI=1S/C14H20/c1-7-9-3-4-10(7)14-12-6-5-11(8(12)2)13(9)14/h7-11,13H,3-6H2,1-2H3. The van der Waals surface area contributed by atoms with E-state index in [1.54, 1.807) is 6.42 Å². The Morgan fingerprint density at radius 3 is 2.64 bits per heavy atom. The Morgan fingerprint density at radius 1 is 1.00 bits per heavy atom. The molecule has 4 bridgehead atoms. The van der Waals surface area contributed by atoms with Crippen LogP contribution in [0.25, 0.3) is 0 Å². The zero-order valence-corrected chi connectivity index (χ0v) is 9.29. The highest BCUT2D eigenvalue weighted by Crippen LogP contribution is 2.67. The second-order valence-corrected chi connectivity index (χ2v) is 6.20. The fraction of sp³-hybridized carbons (Fsp3) is 0.857. The first-order valence-corrected chi connectivity index (χ1v) is 6.52. The normalized spacial score (nSPS) is 58.7. The highest BCUT2D eigenvalue weighted by Gasteiger charge is 2.58. The van der Waals surface area contributed by atoms with Gasteiger partial charge < -0.3 is 0 Å². The number of hydrogen-bond acceptors (Lipinski definition) is 0. The highest BCUT2D eigenvalue weighted by atomic mass is 14.6. The summed E-state index contributed by atoms with van der Waals surface area (Å²) in [5, 5.41) is 0. The molecule has 0 nitrogen and oxygen atoms in total. The highest BCUT2D eigenvalue weighted by molar-refractivity contribution is 5.39. The van der Waals surface area contributed by atoms with Crippen molar-refractivity contribution in [1.29, 1.82) is 0 Å². The van der Waals surface area contributed by atoms with Crippen LogP contribution in [0.2, 0.25) is 0 Å². The first kappa shape index (κ1) is 7.96. The molecule has 0 radical (unpaired) electrons. The third-order valence-corrected chi connectivity index (χ3v) is 6.11. The quantitative estimate of drug-likeness (QED) is 0.509. The minimum absolute atomic E-state index is 0.977. The minimum atomic E-state index is 0.977. The van der Waals surface area contributed by atoms with Crippen LogP contribution in [0.1, 0.15) is 39.5 Å². The third-order valence-electron chi connectivity index (χ3n) is 6.11. The summed E-state index contributed by atoms with van der Waals surface area (Å²) in [7, 11) is 0. The maximum absolute atomic E-state index is 2.53. The van der Waals surface area contributed by atoms with Gasteiger partial charge in [-0.25, -0.2) is 0 Å². The first-order valence-electron chi connectivity index (χ1n) is 6.52. The van der Waals surface area contributed by atoms with E-state index in [4.69, 9.17) is 0 Å². The lowest BCUT2D eigenvalue weighted by Gasteiger charge is -2.29.